The number of carboxylic acid groups (broad SMARTS) is 1. The lowest BCUT2D eigenvalue weighted by atomic mass is 9.80. The minimum atomic E-state index is -0.868. The number of rotatable bonds is 3. The maximum atomic E-state index is 10.9. The second kappa shape index (κ2) is 6.44. The molecule has 1 aliphatic carbocycles. The van der Waals surface area contributed by atoms with Crippen LogP contribution in [-0.2, 0) is 11.2 Å². The first-order valence-electron chi connectivity index (χ1n) is 6.44. The standard InChI is InChI=1S/C15H16Cl2O2/c16-13-6-3-7-14(17)12(13)8-10-4-1-2-5-11(10)9-15(18)19/h3,6-7,9-10H,1-2,4-5,8H2,(H,18,19)/b11-9+. The third-order valence-electron chi connectivity index (χ3n) is 3.61. The SMILES string of the molecule is O=C(O)/C=C1\CCCCC1Cc1c(Cl)cccc1Cl. The largest absolute Gasteiger partial charge is 0.478 e. The van der Waals surface area contributed by atoms with Crippen molar-refractivity contribution in [3.05, 3.63) is 45.5 Å². The maximum absolute atomic E-state index is 10.9. The first-order chi connectivity index (χ1) is 9.08. The third kappa shape index (κ3) is 3.74. The van der Waals surface area contributed by atoms with E-state index < -0.39 is 5.97 Å². The molecule has 0 saturated heterocycles. The van der Waals surface area contributed by atoms with Gasteiger partial charge in [-0.05, 0) is 49.3 Å². The third-order valence-corrected chi connectivity index (χ3v) is 4.32. The van der Waals surface area contributed by atoms with E-state index in [0.29, 0.717) is 10.0 Å². The monoisotopic (exact) mass is 298 g/mol. The molecule has 102 valence electrons. The highest BCUT2D eigenvalue weighted by Gasteiger charge is 2.22. The molecule has 1 aromatic rings. The van der Waals surface area contributed by atoms with Gasteiger partial charge in [0.2, 0.25) is 0 Å². The molecule has 1 aliphatic rings. The fourth-order valence-corrected chi connectivity index (χ4v) is 3.22. The van der Waals surface area contributed by atoms with Crippen LogP contribution >= 0.6 is 23.2 Å². The Bertz CT molecular complexity index is 489. The lowest BCUT2D eigenvalue weighted by Gasteiger charge is -2.26. The molecule has 19 heavy (non-hydrogen) atoms. The van der Waals surface area contributed by atoms with E-state index in [2.05, 4.69) is 0 Å². The van der Waals surface area contributed by atoms with Crippen molar-refractivity contribution in [2.45, 2.75) is 32.1 Å². The molecular formula is C15H16Cl2O2. The summed E-state index contributed by atoms with van der Waals surface area (Å²) in [5.74, 6) is -0.630. The van der Waals surface area contributed by atoms with Gasteiger partial charge in [-0.25, -0.2) is 4.79 Å². The summed E-state index contributed by atoms with van der Waals surface area (Å²) in [6, 6.07) is 5.47. The number of aliphatic carboxylic acids is 1. The smallest absolute Gasteiger partial charge is 0.328 e. The quantitative estimate of drug-likeness (QED) is 0.819. The molecule has 0 bridgehead atoms. The van der Waals surface area contributed by atoms with E-state index in [1.165, 1.54) is 6.08 Å². The highest BCUT2D eigenvalue weighted by molar-refractivity contribution is 6.36. The molecular weight excluding hydrogens is 283 g/mol. The lowest BCUT2D eigenvalue weighted by molar-refractivity contribution is -0.131. The average Bonchev–Trinajstić information content (AvgIpc) is 2.35. The molecule has 1 unspecified atom stereocenters. The first-order valence-corrected chi connectivity index (χ1v) is 7.20. The Morgan fingerprint density at radius 1 is 1.32 bits per heavy atom. The highest BCUT2D eigenvalue weighted by Crippen LogP contribution is 2.35. The fourth-order valence-electron chi connectivity index (χ4n) is 2.66. The van der Waals surface area contributed by atoms with Gasteiger partial charge in [0.1, 0.15) is 0 Å². The molecule has 1 aromatic carbocycles. The van der Waals surface area contributed by atoms with E-state index in [-0.39, 0.29) is 5.92 Å². The van der Waals surface area contributed by atoms with Crippen LogP contribution in [0.4, 0.5) is 0 Å². The molecule has 2 nitrogen and oxygen atoms in total. The average molecular weight is 299 g/mol. The van der Waals surface area contributed by atoms with Crippen molar-refractivity contribution in [2.75, 3.05) is 0 Å². The predicted octanol–water partition coefficient (Wildman–Crippen LogP) is 4.74. The fraction of sp³-hybridized carbons (Fsp3) is 0.400. The Hall–Kier alpha value is -0.990. The van der Waals surface area contributed by atoms with Crippen molar-refractivity contribution in [2.24, 2.45) is 5.92 Å². The molecule has 1 fully saturated rings. The Morgan fingerprint density at radius 3 is 2.63 bits per heavy atom. The normalized spacial score (nSPS) is 21.6. The molecule has 0 aromatic heterocycles. The Morgan fingerprint density at radius 2 is 2.00 bits per heavy atom. The number of hydrogen-bond acceptors (Lipinski definition) is 1. The van der Waals surface area contributed by atoms with Gasteiger partial charge in [-0.3, -0.25) is 0 Å². The van der Waals surface area contributed by atoms with Gasteiger partial charge in [0.25, 0.3) is 0 Å². The van der Waals surface area contributed by atoms with E-state index in [1.54, 1.807) is 0 Å². The summed E-state index contributed by atoms with van der Waals surface area (Å²) < 4.78 is 0. The molecule has 0 aliphatic heterocycles. The number of halogens is 2. The van der Waals surface area contributed by atoms with E-state index in [0.717, 1.165) is 43.2 Å². The molecule has 0 radical (unpaired) electrons. The van der Waals surface area contributed by atoms with E-state index >= 15 is 0 Å². The van der Waals surface area contributed by atoms with Gasteiger partial charge in [-0.15, -0.1) is 0 Å². The van der Waals surface area contributed by atoms with Crippen molar-refractivity contribution in [1.29, 1.82) is 0 Å². The van der Waals surface area contributed by atoms with Gasteiger partial charge < -0.3 is 5.11 Å². The van der Waals surface area contributed by atoms with Crippen LogP contribution in [0.5, 0.6) is 0 Å². The predicted molar refractivity (Wildman–Crippen MR) is 77.8 cm³/mol. The minimum Gasteiger partial charge on any atom is -0.478 e. The Labute approximate surface area is 123 Å². The Balaban J connectivity index is 2.23. The summed E-state index contributed by atoms with van der Waals surface area (Å²) in [4.78, 5) is 10.9. The van der Waals surface area contributed by atoms with Crippen LogP contribution in [0, 0.1) is 5.92 Å². The molecule has 1 atom stereocenters. The molecule has 4 heteroatoms. The van der Waals surface area contributed by atoms with Crippen LogP contribution < -0.4 is 0 Å². The topological polar surface area (TPSA) is 37.3 Å². The van der Waals surface area contributed by atoms with Crippen molar-refractivity contribution in [1.82, 2.24) is 0 Å². The lowest BCUT2D eigenvalue weighted by Crippen LogP contribution is -2.14. The van der Waals surface area contributed by atoms with Crippen molar-refractivity contribution in [3.63, 3.8) is 0 Å². The van der Waals surface area contributed by atoms with Gasteiger partial charge in [0, 0.05) is 16.1 Å². The van der Waals surface area contributed by atoms with Crippen LogP contribution in [0.3, 0.4) is 0 Å². The molecule has 1 N–H and O–H groups in total. The molecule has 2 rings (SSSR count). The second-order valence-electron chi connectivity index (χ2n) is 4.90. The summed E-state index contributed by atoms with van der Waals surface area (Å²) in [5, 5.41) is 10.3. The van der Waals surface area contributed by atoms with Crippen molar-refractivity contribution >= 4 is 29.2 Å². The molecule has 1 saturated carbocycles. The molecule has 0 spiro atoms. The second-order valence-corrected chi connectivity index (χ2v) is 5.72. The van der Waals surface area contributed by atoms with Crippen molar-refractivity contribution < 1.29 is 9.90 Å². The van der Waals surface area contributed by atoms with Crippen molar-refractivity contribution in [3.8, 4) is 0 Å². The summed E-state index contributed by atoms with van der Waals surface area (Å²) in [6.07, 6.45) is 6.13. The summed E-state index contributed by atoms with van der Waals surface area (Å²) >= 11 is 12.4. The van der Waals surface area contributed by atoms with E-state index in [1.807, 2.05) is 18.2 Å². The van der Waals surface area contributed by atoms with Crippen LogP contribution in [0.2, 0.25) is 10.0 Å². The van der Waals surface area contributed by atoms with Crippen LogP contribution in [0.25, 0.3) is 0 Å². The van der Waals surface area contributed by atoms with E-state index in [9.17, 15) is 4.79 Å². The zero-order valence-electron chi connectivity index (χ0n) is 10.5. The van der Waals surface area contributed by atoms with Gasteiger partial charge in [-0.2, -0.15) is 0 Å². The highest BCUT2D eigenvalue weighted by atomic mass is 35.5. The zero-order valence-corrected chi connectivity index (χ0v) is 12.0. The maximum Gasteiger partial charge on any atom is 0.328 e. The van der Waals surface area contributed by atoms with Crippen LogP contribution in [0.15, 0.2) is 29.8 Å². The van der Waals surface area contributed by atoms with E-state index in [4.69, 9.17) is 28.3 Å². The van der Waals surface area contributed by atoms with Gasteiger partial charge in [-0.1, -0.05) is 41.3 Å². The van der Waals surface area contributed by atoms with Gasteiger partial charge in [0.05, 0.1) is 0 Å². The summed E-state index contributed by atoms with van der Waals surface area (Å²) in [7, 11) is 0. The molecule has 0 heterocycles. The minimum absolute atomic E-state index is 0.238. The number of hydrogen-bond donors (Lipinski definition) is 1. The number of carbonyl (C=O) groups is 1. The number of allylic oxidation sites excluding steroid dienone is 1. The summed E-state index contributed by atoms with van der Waals surface area (Å²) in [5.41, 5.74) is 1.93. The summed E-state index contributed by atoms with van der Waals surface area (Å²) in [6.45, 7) is 0. The van der Waals surface area contributed by atoms with Crippen LogP contribution in [0.1, 0.15) is 31.2 Å². The number of carboxylic acids is 1. The van der Waals surface area contributed by atoms with Gasteiger partial charge >= 0.3 is 5.97 Å². The Kier molecular flexibility index (Phi) is 4.89. The molecule has 0 amide bonds. The van der Waals surface area contributed by atoms with Crippen LogP contribution in [-0.4, -0.2) is 11.1 Å². The number of benzene rings is 1. The first kappa shape index (κ1) is 14.4. The van der Waals surface area contributed by atoms with Gasteiger partial charge in [0.15, 0.2) is 0 Å². The zero-order chi connectivity index (χ0) is 13.8.